The Kier molecular flexibility index (Phi) is 8.42. The Morgan fingerprint density at radius 2 is 1.53 bits per heavy atom. The molecule has 0 saturated carbocycles. The van der Waals surface area contributed by atoms with Crippen molar-refractivity contribution in [2.24, 2.45) is 0 Å². The Labute approximate surface area is 111 Å². The molecule has 0 nitrogen and oxygen atoms in total. The SMILES string of the molecule is CCCCCCc1[c]scc1CCCCCC. The summed E-state index contributed by atoms with van der Waals surface area (Å²) in [6.07, 6.45) is 13.5. The van der Waals surface area contributed by atoms with Crippen LogP contribution in [0.4, 0.5) is 0 Å². The van der Waals surface area contributed by atoms with Crippen LogP contribution in [0.1, 0.15) is 76.3 Å². The van der Waals surface area contributed by atoms with Gasteiger partial charge in [-0.05, 0) is 42.2 Å². The molecule has 1 heteroatoms. The second-order valence-corrected chi connectivity index (χ2v) is 5.64. The molecule has 1 aromatic rings. The molecular formula is C16H27S. The van der Waals surface area contributed by atoms with Gasteiger partial charge in [-0.2, -0.15) is 0 Å². The van der Waals surface area contributed by atoms with Crippen molar-refractivity contribution in [2.75, 3.05) is 0 Å². The molecule has 0 amide bonds. The first-order chi connectivity index (χ1) is 8.38. The Hall–Kier alpha value is -0.300. The third-order valence-electron chi connectivity index (χ3n) is 3.35. The molecule has 17 heavy (non-hydrogen) atoms. The van der Waals surface area contributed by atoms with E-state index in [1.807, 2.05) is 0 Å². The minimum Gasteiger partial charge on any atom is -0.142 e. The highest BCUT2D eigenvalue weighted by Crippen LogP contribution is 2.20. The maximum atomic E-state index is 3.47. The van der Waals surface area contributed by atoms with Crippen molar-refractivity contribution < 1.29 is 0 Å². The Morgan fingerprint density at radius 1 is 0.882 bits per heavy atom. The van der Waals surface area contributed by atoms with Gasteiger partial charge in [0.15, 0.2) is 0 Å². The minimum absolute atomic E-state index is 1.26. The van der Waals surface area contributed by atoms with Crippen molar-refractivity contribution in [1.29, 1.82) is 0 Å². The van der Waals surface area contributed by atoms with Gasteiger partial charge < -0.3 is 0 Å². The van der Waals surface area contributed by atoms with Crippen LogP contribution < -0.4 is 0 Å². The first-order valence-electron chi connectivity index (χ1n) is 7.35. The molecule has 0 unspecified atom stereocenters. The van der Waals surface area contributed by atoms with Crippen LogP contribution in [-0.4, -0.2) is 0 Å². The number of thiophene rings is 1. The molecule has 0 N–H and O–H groups in total. The van der Waals surface area contributed by atoms with E-state index in [4.69, 9.17) is 0 Å². The van der Waals surface area contributed by atoms with Crippen molar-refractivity contribution in [3.63, 3.8) is 0 Å². The molecule has 1 aromatic heterocycles. The molecule has 0 aliphatic carbocycles. The molecule has 1 heterocycles. The molecule has 0 fully saturated rings. The number of unbranched alkanes of at least 4 members (excludes halogenated alkanes) is 6. The maximum absolute atomic E-state index is 3.47. The fourth-order valence-corrected chi connectivity index (χ4v) is 3.04. The molecule has 0 aromatic carbocycles. The highest BCUT2D eigenvalue weighted by Gasteiger charge is 2.04. The number of aryl methyl sites for hydroxylation is 2. The minimum atomic E-state index is 1.26. The van der Waals surface area contributed by atoms with E-state index in [-0.39, 0.29) is 0 Å². The Balaban J connectivity index is 2.22. The predicted molar refractivity (Wildman–Crippen MR) is 78.8 cm³/mol. The normalized spacial score (nSPS) is 10.9. The summed E-state index contributed by atoms with van der Waals surface area (Å²) in [7, 11) is 0. The van der Waals surface area contributed by atoms with E-state index in [9.17, 15) is 0 Å². The van der Waals surface area contributed by atoms with Crippen molar-refractivity contribution in [3.05, 3.63) is 21.9 Å². The molecule has 0 saturated heterocycles. The average Bonchev–Trinajstić information content (AvgIpc) is 2.78. The van der Waals surface area contributed by atoms with Crippen LogP contribution in [-0.2, 0) is 12.8 Å². The van der Waals surface area contributed by atoms with E-state index < -0.39 is 0 Å². The Bertz CT molecular complexity index is 248. The van der Waals surface area contributed by atoms with Crippen molar-refractivity contribution in [3.8, 4) is 0 Å². The van der Waals surface area contributed by atoms with Gasteiger partial charge in [0.1, 0.15) is 0 Å². The second kappa shape index (κ2) is 9.70. The van der Waals surface area contributed by atoms with E-state index in [0.717, 1.165) is 0 Å². The summed E-state index contributed by atoms with van der Waals surface area (Å²) in [5, 5.41) is 5.79. The quantitative estimate of drug-likeness (QED) is 0.461. The van der Waals surface area contributed by atoms with Crippen LogP contribution in [0.15, 0.2) is 5.38 Å². The topological polar surface area (TPSA) is 0 Å². The van der Waals surface area contributed by atoms with Gasteiger partial charge in [0.2, 0.25) is 0 Å². The van der Waals surface area contributed by atoms with Crippen molar-refractivity contribution in [2.45, 2.75) is 78.1 Å². The zero-order chi connectivity index (χ0) is 12.3. The molecule has 1 radical (unpaired) electrons. The molecule has 0 spiro atoms. The van der Waals surface area contributed by atoms with E-state index in [2.05, 4.69) is 24.6 Å². The standard InChI is InChI=1S/C16H27S/c1-3-5-7-9-11-15-13-17-14-16(15)12-10-8-6-4-2/h13H,3-12H2,1-2H3. The highest BCUT2D eigenvalue weighted by atomic mass is 32.1. The second-order valence-electron chi connectivity index (χ2n) is 4.96. The van der Waals surface area contributed by atoms with Crippen LogP contribution in [0.25, 0.3) is 0 Å². The first-order valence-corrected chi connectivity index (χ1v) is 8.23. The van der Waals surface area contributed by atoms with Gasteiger partial charge in [-0.1, -0.05) is 52.4 Å². The van der Waals surface area contributed by atoms with E-state index >= 15 is 0 Å². The van der Waals surface area contributed by atoms with E-state index in [0.29, 0.717) is 0 Å². The third-order valence-corrected chi connectivity index (χ3v) is 4.12. The molecule has 0 aliphatic rings. The van der Waals surface area contributed by atoms with Crippen LogP contribution in [0.2, 0.25) is 0 Å². The summed E-state index contributed by atoms with van der Waals surface area (Å²) < 4.78 is 0. The Morgan fingerprint density at radius 3 is 2.18 bits per heavy atom. The highest BCUT2D eigenvalue weighted by molar-refractivity contribution is 7.07. The zero-order valence-corrected chi connectivity index (χ0v) is 12.4. The first kappa shape index (κ1) is 14.8. The molecule has 1 rings (SSSR count). The van der Waals surface area contributed by atoms with Crippen LogP contribution >= 0.6 is 11.3 Å². The number of hydrogen-bond donors (Lipinski definition) is 0. The third kappa shape index (κ3) is 6.26. The fraction of sp³-hybridized carbons (Fsp3) is 0.750. The van der Waals surface area contributed by atoms with Crippen molar-refractivity contribution in [1.82, 2.24) is 0 Å². The van der Waals surface area contributed by atoms with Crippen LogP contribution in [0.5, 0.6) is 0 Å². The molecular weight excluding hydrogens is 224 g/mol. The van der Waals surface area contributed by atoms with E-state index in [1.54, 1.807) is 16.9 Å². The zero-order valence-electron chi connectivity index (χ0n) is 11.6. The van der Waals surface area contributed by atoms with Gasteiger partial charge in [-0.25, -0.2) is 0 Å². The fourth-order valence-electron chi connectivity index (χ4n) is 2.20. The lowest BCUT2D eigenvalue weighted by atomic mass is 10.0. The number of hydrogen-bond acceptors (Lipinski definition) is 1. The molecule has 0 atom stereocenters. The summed E-state index contributed by atoms with van der Waals surface area (Å²) >= 11 is 1.77. The van der Waals surface area contributed by atoms with Crippen molar-refractivity contribution >= 4 is 11.3 Å². The lowest BCUT2D eigenvalue weighted by molar-refractivity contribution is 0.652. The lowest BCUT2D eigenvalue weighted by Gasteiger charge is -2.04. The van der Waals surface area contributed by atoms with Gasteiger partial charge >= 0.3 is 0 Å². The summed E-state index contributed by atoms with van der Waals surface area (Å²) in [4.78, 5) is 0. The van der Waals surface area contributed by atoms with Crippen LogP contribution in [0.3, 0.4) is 0 Å². The summed E-state index contributed by atoms with van der Waals surface area (Å²) in [6.45, 7) is 4.55. The van der Waals surface area contributed by atoms with E-state index in [1.165, 1.54) is 69.8 Å². The van der Waals surface area contributed by atoms with Gasteiger partial charge in [0, 0.05) is 5.38 Å². The molecule has 0 aliphatic heterocycles. The predicted octanol–water partition coefficient (Wildman–Crippen LogP) is 5.79. The summed E-state index contributed by atoms with van der Waals surface area (Å²) in [5.41, 5.74) is 3.10. The van der Waals surface area contributed by atoms with Crippen LogP contribution in [0, 0.1) is 5.38 Å². The number of rotatable bonds is 10. The average molecular weight is 251 g/mol. The van der Waals surface area contributed by atoms with Gasteiger partial charge in [0.05, 0.1) is 0 Å². The smallest absolute Gasteiger partial charge is 0.0480 e. The monoisotopic (exact) mass is 251 g/mol. The molecule has 97 valence electrons. The van der Waals surface area contributed by atoms with Gasteiger partial charge in [-0.3, -0.25) is 0 Å². The lowest BCUT2D eigenvalue weighted by Crippen LogP contribution is -1.91. The maximum Gasteiger partial charge on any atom is 0.0480 e. The summed E-state index contributed by atoms with van der Waals surface area (Å²) in [5.74, 6) is 0. The summed E-state index contributed by atoms with van der Waals surface area (Å²) in [6, 6.07) is 0. The molecule has 0 bridgehead atoms. The largest absolute Gasteiger partial charge is 0.142 e. The van der Waals surface area contributed by atoms with Gasteiger partial charge in [-0.15, -0.1) is 11.3 Å². The van der Waals surface area contributed by atoms with Gasteiger partial charge in [0.25, 0.3) is 0 Å².